The van der Waals surface area contributed by atoms with Gasteiger partial charge in [0.1, 0.15) is 0 Å². The van der Waals surface area contributed by atoms with Crippen LogP contribution >= 0.6 is 11.3 Å². The van der Waals surface area contributed by atoms with E-state index in [1.54, 1.807) is 42.3 Å². The molecule has 0 bridgehead atoms. The predicted molar refractivity (Wildman–Crippen MR) is 111 cm³/mol. The van der Waals surface area contributed by atoms with Crippen molar-refractivity contribution in [2.45, 2.75) is 4.90 Å². The van der Waals surface area contributed by atoms with Crippen LogP contribution < -0.4 is 9.60 Å². The number of amides is 1. The van der Waals surface area contributed by atoms with Gasteiger partial charge in [0.25, 0.3) is 15.9 Å². The van der Waals surface area contributed by atoms with E-state index in [-0.39, 0.29) is 26.9 Å². The fourth-order valence-electron chi connectivity index (χ4n) is 3.18. The fraction of sp³-hybridized carbons (Fsp3) is 0.263. The van der Waals surface area contributed by atoms with Gasteiger partial charge in [-0.3, -0.25) is 14.3 Å². The first-order valence-electron chi connectivity index (χ1n) is 8.95. The maximum atomic E-state index is 13.0. The highest BCUT2D eigenvalue weighted by molar-refractivity contribution is 7.92. The maximum absolute atomic E-state index is 13.0. The third-order valence-electron chi connectivity index (χ3n) is 4.77. The number of morpholine rings is 1. The van der Waals surface area contributed by atoms with Crippen LogP contribution in [0.15, 0.2) is 52.2 Å². The number of anilines is 1. The van der Waals surface area contributed by atoms with Crippen LogP contribution in [0.4, 0.5) is 5.69 Å². The van der Waals surface area contributed by atoms with Crippen molar-refractivity contribution in [3.05, 3.63) is 57.7 Å². The highest BCUT2D eigenvalue weighted by Crippen LogP contribution is 2.25. The normalized spacial score (nSPS) is 14.9. The summed E-state index contributed by atoms with van der Waals surface area (Å²) in [5, 5.41) is 0. The van der Waals surface area contributed by atoms with Crippen LogP contribution in [0, 0.1) is 0 Å². The van der Waals surface area contributed by atoms with E-state index >= 15 is 0 Å². The first-order valence-corrected chi connectivity index (χ1v) is 11.3. The summed E-state index contributed by atoms with van der Waals surface area (Å²) in [5.74, 6) is -0.247. The molecular weight excluding hydrogens is 414 g/mol. The number of aryl methyl sites for hydroxylation is 1. The molecular formula is C19H19N3O5S2. The summed E-state index contributed by atoms with van der Waals surface area (Å²) in [6.07, 6.45) is 0. The number of carbonyl (C=O) groups excluding carboxylic acids is 1. The Bertz CT molecular complexity index is 1240. The number of para-hydroxylation sites is 1. The van der Waals surface area contributed by atoms with E-state index in [2.05, 4.69) is 4.72 Å². The molecule has 1 aromatic heterocycles. The highest BCUT2D eigenvalue weighted by Gasteiger charge is 2.24. The summed E-state index contributed by atoms with van der Waals surface area (Å²) >= 11 is 0.985. The fourth-order valence-corrected chi connectivity index (χ4v) is 5.28. The Labute approximate surface area is 171 Å². The van der Waals surface area contributed by atoms with Crippen LogP contribution in [0.1, 0.15) is 10.4 Å². The Hall–Kier alpha value is -2.69. The second-order valence-electron chi connectivity index (χ2n) is 6.61. The molecule has 2 aromatic carbocycles. The molecule has 152 valence electrons. The summed E-state index contributed by atoms with van der Waals surface area (Å²) in [5.41, 5.74) is 1.16. The first kappa shape index (κ1) is 19.6. The van der Waals surface area contributed by atoms with Crippen LogP contribution in [0.2, 0.25) is 0 Å². The summed E-state index contributed by atoms with van der Waals surface area (Å²) in [6.45, 7) is 1.84. The zero-order valence-corrected chi connectivity index (χ0v) is 17.3. The number of benzene rings is 2. The largest absolute Gasteiger partial charge is 0.378 e. The molecule has 0 spiro atoms. The third kappa shape index (κ3) is 3.78. The number of sulfonamides is 1. The minimum absolute atomic E-state index is 0.0282. The number of carbonyl (C=O) groups is 1. The van der Waals surface area contributed by atoms with Crippen LogP contribution in [0.25, 0.3) is 10.2 Å². The van der Waals surface area contributed by atoms with Crippen molar-refractivity contribution in [2.75, 3.05) is 31.0 Å². The van der Waals surface area contributed by atoms with Gasteiger partial charge in [0, 0.05) is 20.1 Å². The maximum Gasteiger partial charge on any atom is 0.307 e. The average Bonchev–Trinajstić information content (AvgIpc) is 3.01. The Morgan fingerprint density at radius 1 is 1.14 bits per heavy atom. The Morgan fingerprint density at radius 2 is 1.86 bits per heavy atom. The smallest absolute Gasteiger partial charge is 0.307 e. The number of hydrogen-bond donors (Lipinski definition) is 1. The molecule has 2 heterocycles. The molecule has 10 heteroatoms. The van der Waals surface area contributed by atoms with Gasteiger partial charge in [-0.15, -0.1) is 0 Å². The number of fused-ring (bicyclic) bond motifs is 1. The molecule has 0 unspecified atom stereocenters. The van der Waals surface area contributed by atoms with Crippen molar-refractivity contribution in [2.24, 2.45) is 7.05 Å². The van der Waals surface area contributed by atoms with E-state index in [9.17, 15) is 18.0 Å². The van der Waals surface area contributed by atoms with Gasteiger partial charge in [0.05, 0.1) is 39.6 Å². The summed E-state index contributed by atoms with van der Waals surface area (Å²) in [7, 11) is -2.31. The molecule has 8 nitrogen and oxygen atoms in total. The number of aromatic nitrogens is 1. The molecule has 3 aromatic rings. The van der Waals surface area contributed by atoms with Crippen LogP contribution in [-0.2, 0) is 21.8 Å². The lowest BCUT2D eigenvalue weighted by Crippen LogP contribution is -2.41. The van der Waals surface area contributed by atoms with Crippen molar-refractivity contribution in [1.82, 2.24) is 9.47 Å². The second-order valence-corrected chi connectivity index (χ2v) is 9.29. The molecule has 29 heavy (non-hydrogen) atoms. The molecule has 1 aliphatic rings. The summed E-state index contributed by atoms with van der Waals surface area (Å²) in [6, 6.07) is 11.0. The van der Waals surface area contributed by atoms with E-state index in [0.29, 0.717) is 36.5 Å². The second kappa shape index (κ2) is 7.62. The molecule has 4 rings (SSSR count). The highest BCUT2D eigenvalue weighted by atomic mass is 32.2. The summed E-state index contributed by atoms with van der Waals surface area (Å²) < 4.78 is 35.8. The van der Waals surface area contributed by atoms with Gasteiger partial charge in [-0.05, 0) is 30.3 Å². The Kier molecular flexibility index (Phi) is 5.15. The van der Waals surface area contributed by atoms with Crippen molar-refractivity contribution in [3.63, 3.8) is 0 Å². The SMILES string of the molecule is Cn1c(=O)sc2cc(S(=O)(=O)Nc3ccccc3C(=O)N3CCOCC3)ccc21. The predicted octanol–water partition coefficient (Wildman–Crippen LogP) is 1.87. The number of nitrogens with zero attached hydrogens (tertiary/aromatic N) is 2. The molecule has 1 aliphatic heterocycles. The monoisotopic (exact) mass is 433 g/mol. The molecule has 0 radical (unpaired) electrons. The molecule has 0 atom stereocenters. The lowest BCUT2D eigenvalue weighted by Gasteiger charge is -2.27. The Morgan fingerprint density at radius 3 is 2.62 bits per heavy atom. The minimum Gasteiger partial charge on any atom is -0.378 e. The zero-order chi connectivity index (χ0) is 20.6. The lowest BCUT2D eigenvalue weighted by molar-refractivity contribution is 0.0303. The lowest BCUT2D eigenvalue weighted by atomic mass is 10.1. The van der Waals surface area contributed by atoms with Crippen molar-refractivity contribution in [3.8, 4) is 0 Å². The molecule has 1 saturated heterocycles. The van der Waals surface area contributed by atoms with E-state index in [1.807, 2.05) is 0 Å². The number of hydrogen-bond acceptors (Lipinski definition) is 6. The van der Waals surface area contributed by atoms with E-state index in [1.165, 1.54) is 16.7 Å². The van der Waals surface area contributed by atoms with Gasteiger partial charge in [-0.1, -0.05) is 23.5 Å². The van der Waals surface area contributed by atoms with Crippen molar-refractivity contribution in [1.29, 1.82) is 0 Å². The number of nitrogens with one attached hydrogen (secondary N) is 1. The van der Waals surface area contributed by atoms with Crippen LogP contribution in [-0.4, -0.2) is 50.1 Å². The van der Waals surface area contributed by atoms with Gasteiger partial charge in [0.15, 0.2) is 0 Å². The van der Waals surface area contributed by atoms with Crippen molar-refractivity contribution >= 4 is 43.2 Å². The topological polar surface area (TPSA) is 97.7 Å². The molecule has 1 amide bonds. The van der Waals surface area contributed by atoms with E-state index in [0.717, 1.165) is 11.3 Å². The van der Waals surface area contributed by atoms with Gasteiger partial charge in [-0.25, -0.2) is 8.42 Å². The third-order valence-corrected chi connectivity index (χ3v) is 7.13. The van der Waals surface area contributed by atoms with Crippen LogP contribution in [0.5, 0.6) is 0 Å². The molecule has 1 N–H and O–H groups in total. The first-order chi connectivity index (χ1) is 13.9. The molecule has 0 aliphatic carbocycles. The standard InChI is InChI=1S/C19H19N3O5S2/c1-21-16-7-6-13(12-17(16)28-19(21)24)29(25,26)20-15-5-3-2-4-14(15)18(23)22-8-10-27-11-9-22/h2-7,12,20H,8-11H2,1H3. The van der Waals surface area contributed by atoms with E-state index in [4.69, 9.17) is 4.74 Å². The average molecular weight is 434 g/mol. The van der Waals surface area contributed by atoms with Gasteiger partial charge in [-0.2, -0.15) is 0 Å². The van der Waals surface area contributed by atoms with Crippen LogP contribution in [0.3, 0.4) is 0 Å². The zero-order valence-electron chi connectivity index (χ0n) is 15.6. The van der Waals surface area contributed by atoms with Crippen molar-refractivity contribution < 1.29 is 17.9 Å². The molecule has 1 fully saturated rings. The van der Waals surface area contributed by atoms with Gasteiger partial charge < -0.3 is 14.2 Å². The van der Waals surface area contributed by atoms with Gasteiger partial charge >= 0.3 is 4.87 Å². The van der Waals surface area contributed by atoms with E-state index < -0.39 is 10.0 Å². The molecule has 0 saturated carbocycles. The minimum atomic E-state index is -3.95. The Balaban J connectivity index is 1.66. The number of thiazole rings is 1. The number of ether oxygens (including phenoxy) is 1. The van der Waals surface area contributed by atoms with Gasteiger partial charge in [0.2, 0.25) is 0 Å². The number of rotatable bonds is 4. The quantitative estimate of drug-likeness (QED) is 0.678. The summed E-state index contributed by atoms with van der Waals surface area (Å²) in [4.78, 5) is 26.2.